The lowest BCUT2D eigenvalue weighted by atomic mass is 10.0. The van der Waals surface area contributed by atoms with Gasteiger partial charge in [-0.05, 0) is 19.8 Å². The first-order valence-corrected chi connectivity index (χ1v) is 8.24. The second kappa shape index (κ2) is 7.76. The van der Waals surface area contributed by atoms with E-state index in [-0.39, 0.29) is 30.3 Å². The van der Waals surface area contributed by atoms with E-state index >= 15 is 0 Å². The number of morpholine rings is 1. The first kappa shape index (κ1) is 18.4. The summed E-state index contributed by atoms with van der Waals surface area (Å²) in [5.41, 5.74) is 8.56. The van der Waals surface area contributed by atoms with Crippen molar-refractivity contribution in [3.05, 3.63) is 17.0 Å². The minimum atomic E-state index is -0.614. The summed E-state index contributed by atoms with van der Waals surface area (Å²) in [7, 11) is 0. The van der Waals surface area contributed by atoms with Crippen LogP contribution in [0.3, 0.4) is 0 Å². The number of aromatic nitrogens is 2. The van der Waals surface area contributed by atoms with Crippen LogP contribution >= 0.6 is 0 Å². The van der Waals surface area contributed by atoms with Gasteiger partial charge >= 0.3 is 0 Å². The summed E-state index contributed by atoms with van der Waals surface area (Å²) in [6, 6.07) is -0.808. The number of aromatic amines is 1. The maximum absolute atomic E-state index is 12.6. The lowest BCUT2D eigenvalue weighted by Gasteiger charge is -2.36. The van der Waals surface area contributed by atoms with E-state index in [2.05, 4.69) is 15.5 Å². The molecule has 8 nitrogen and oxygen atoms in total. The van der Waals surface area contributed by atoms with E-state index in [0.29, 0.717) is 19.8 Å². The molecule has 1 aromatic heterocycles. The van der Waals surface area contributed by atoms with Crippen molar-refractivity contribution in [2.75, 3.05) is 26.3 Å². The normalized spacial score (nSPS) is 19.4. The summed E-state index contributed by atoms with van der Waals surface area (Å²) >= 11 is 0. The van der Waals surface area contributed by atoms with Crippen molar-refractivity contribution in [2.45, 2.75) is 39.8 Å². The molecule has 1 aliphatic heterocycles. The van der Waals surface area contributed by atoms with Gasteiger partial charge in [-0.1, -0.05) is 13.8 Å². The fourth-order valence-corrected chi connectivity index (χ4v) is 2.88. The smallest absolute Gasteiger partial charge is 0.242 e. The van der Waals surface area contributed by atoms with E-state index < -0.39 is 6.04 Å². The highest BCUT2D eigenvalue weighted by molar-refractivity contribution is 5.87. The number of carbonyl (C=O) groups is 2. The molecular formula is C16H27N5O3. The van der Waals surface area contributed by atoms with E-state index in [1.807, 2.05) is 27.7 Å². The van der Waals surface area contributed by atoms with E-state index in [1.165, 1.54) is 0 Å². The van der Waals surface area contributed by atoms with Crippen LogP contribution in [0.4, 0.5) is 0 Å². The maximum Gasteiger partial charge on any atom is 0.242 e. The first-order valence-electron chi connectivity index (χ1n) is 8.24. The number of nitrogens with one attached hydrogen (secondary N) is 2. The van der Waals surface area contributed by atoms with Gasteiger partial charge in [0.25, 0.3) is 0 Å². The van der Waals surface area contributed by atoms with Gasteiger partial charge in [-0.3, -0.25) is 14.7 Å². The molecule has 0 spiro atoms. The number of rotatable bonds is 5. The maximum atomic E-state index is 12.6. The molecule has 2 atom stereocenters. The Hall–Kier alpha value is -1.93. The van der Waals surface area contributed by atoms with Crippen molar-refractivity contribution in [2.24, 2.45) is 11.7 Å². The van der Waals surface area contributed by atoms with Gasteiger partial charge < -0.3 is 20.7 Å². The average Bonchev–Trinajstić information content (AvgIpc) is 2.90. The third-order valence-corrected chi connectivity index (χ3v) is 4.40. The standard InChI is InChI=1S/C16H27N5O3/c1-9(2)15(17)16(23)18-7-13(22)21-5-6-24-8-12(21)14-10(3)19-20-11(14)4/h9,12,15H,5-8,17H2,1-4H3,(H,18,23)(H,19,20)/t12?,15-/m0/s1. The average molecular weight is 337 g/mol. The predicted octanol–water partition coefficient (Wildman–Crippen LogP) is 0.0259. The minimum absolute atomic E-state index is 0.0208. The van der Waals surface area contributed by atoms with Crippen LogP contribution in [0.5, 0.6) is 0 Å². The summed E-state index contributed by atoms with van der Waals surface area (Å²) in [6.07, 6.45) is 0. The van der Waals surface area contributed by atoms with Crippen LogP contribution in [0.25, 0.3) is 0 Å². The van der Waals surface area contributed by atoms with Crippen molar-refractivity contribution in [1.29, 1.82) is 0 Å². The largest absolute Gasteiger partial charge is 0.377 e. The molecule has 2 rings (SSSR count). The van der Waals surface area contributed by atoms with Gasteiger partial charge in [0, 0.05) is 17.8 Å². The summed E-state index contributed by atoms with van der Waals surface area (Å²) in [4.78, 5) is 26.3. The molecule has 1 aliphatic rings. The molecule has 1 fully saturated rings. The molecule has 24 heavy (non-hydrogen) atoms. The topological polar surface area (TPSA) is 113 Å². The molecule has 134 valence electrons. The Labute approximate surface area is 142 Å². The SMILES string of the molecule is Cc1n[nH]c(C)c1C1COCCN1C(=O)CNC(=O)[C@@H](N)C(C)C. The van der Waals surface area contributed by atoms with Gasteiger partial charge in [0.2, 0.25) is 11.8 Å². The summed E-state index contributed by atoms with van der Waals surface area (Å²) in [5.74, 6) is -0.432. The zero-order chi connectivity index (χ0) is 17.9. The van der Waals surface area contributed by atoms with Crippen molar-refractivity contribution in [3.8, 4) is 0 Å². The lowest BCUT2D eigenvalue weighted by Crippen LogP contribution is -2.50. The molecule has 2 heterocycles. The van der Waals surface area contributed by atoms with Crippen LogP contribution in [-0.4, -0.2) is 59.3 Å². The first-order chi connectivity index (χ1) is 11.3. The van der Waals surface area contributed by atoms with Crippen molar-refractivity contribution >= 4 is 11.8 Å². The molecule has 0 bridgehead atoms. The Balaban J connectivity index is 2.05. The molecule has 1 unspecified atom stereocenters. The molecule has 4 N–H and O–H groups in total. The molecule has 0 saturated carbocycles. The highest BCUT2D eigenvalue weighted by Crippen LogP contribution is 2.28. The van der Waals surface area contributed by atoms with Crippen LogP contribution in [-0.2, 0) is 14.3 Å². The second-order valence-electron chi connectivity index (χ2n) is 6.51. The molecule has 2 amide bonds. The number of H-pyrrole nitrogens is 1. The summed E-state index contributed by atoms with van der Waals surface area (Å²) < 4.78 is 5.55. The minimum Gasteiger partial charge on any atom is -0.377 e. The molecule has 0 radical (unpaired) electrons. The fourth-order valence-electron chi connectivity index (χ4n) is 2.88. The van der Waals surface area contributed by atoms with E-state index in [4.69, 9.17) is 10.5 Å². The number of nitrogens with zero attached hydrogens (tertiary/aromatic N) is 2. The highest BCUT2D eigenvalue weighted by Gasteiger charge is 2.32. The number of hydrogen-bond donors (Lipinski definition) is 3. The van der Waals surface area contributed by atoms with Crippen molar-refractivity contribution < 1.29 is 14.3 Å². The molecule has 0 aromatic carbocycles. The Morgan fingerprint density at radius 2 is 2.17 bits per heavy atom. The monoisotopic (exact) mass is 337 g/mol. The number of nitrogens with two attached hydrogens (primary N) is 1. The molecule has 1 aromatic rings. The van der Waals surface area contributed by atoms with Gasteiger partial charge in [-0.2, -0.15) is 5.10 Å². The number of amides is 2. The number of hydrogen-bond acceptors (Lipinski definition) is 5. The molecular weight excluding hydrogens is 310 g/mol. The fraction of sp³-hybridized carbons (Fsp3) is 0.688. The van der Waals surface area contributed by atoms with Gasteiger partial charge in [0.1, 0.15) is 0 Å². The Morgan fingerprint density at radius 1 is 1.46 bits per heavy atom. The Kier molecular flexibility index (Phi) is 5.95. The molecule has 8 heteroatoms. The summed E-state index contributed by atoms with van der Waals surface area (Å²) in [5, 5.41) is 9.78. The van der Waals surface area contributed by atoms with Crippen LogP contribution in [0.2, 0.25) is 0 Å². The quantitative estimate of drug-likeness (QED) is 0.701. The Bertz CT molecular complexity index is 579. The van der Waals surface area contributed by atoms with E-state index in [9.17, 15) is 9.59 Å². The van der Waals surface area contributed by atoms with Crippen molar-refractivity contribution in [3.63, 3.8) is 0 Å². The lowest BCUT2D eigenvalue weighted by molar-refractivity contribution is -0.141. The number of aryl methyl sites for hydroxylation is 2. The summed E-state index contributed by atoms with van der Waals surface area (Å²) in [6.45, 7) is 8.90. The van der Waals surface area contributed by atoms with Crippen LogP contribution in [0, 0.1) is 19.8 Å². The zero-order valence-electron chi connectivity index (χ0n) is 14.8. The molecule has 0 aliphatic carbocycles. The number of carbonyl (C=O) groups excluding carboxylic acids is 2. The third kappa shape index (κ3) is 3.93. The van der Waals surface area contributed by atoms with Crippen LogP contribution < -0.4 is 11.1 Å². The second-order valence-corrected chi connectivity index (χ2v) is 6.51. The highest BCUT2D eigenvalue weighted by atomic mass is 16.5. The predicted molar refractivity (Wildman–Crippen MR) is 89.2 cm³/mol. The van der Waals surface area contributed by atoms with Gasteiger partial charge in [-0.15, -0.1) is 0 Å². The number of ether oxygens (including phenoxy) is 1. The molecule has 1 saturated heterocycles. The van der Waals surface area contributed by atoms with Gasteiger partial charge in [-0.25, -0.2) is 0 Å². The third-order valence-electron chi connectivity index (χ3n) is 4.40. The van der Waals surface area contributed by atoms with Crippen LogP contribution in [0.15, 0.2) is 0 Å². The van der Waals surface area contributed by atoms with Crippen molar-refractivity contribution in [1.82, 2.24) is 20.4 Å². The van der Waals surface area contributed by atoms with Gasteiger partial charge in [0.05, 0.1) is 37.5 Å². The van der Waals surface area contributed by atoms with E-state index in [1.54, 1.807) is 4.90 Å². The van der Waals surface area contributed by atoms with Crippen LogP contribution in [0.1, 0.15) is 36.8 Å². The van der Waals surface area contributed by atoms with E-state index in [0.717, 1.165) is 17.0 Å². The zero-order valence-corrected chi connectivity index (χ0v) is 14.8. The van der Waals surface area contributed by atoms with Gasteiger partial charge in [0.15, 0.2) is 0 Å². The Morgan fingerprint density at radius 3 is 2.75 bits per heavy atom.